The van der Waals surface area contributed by atoms with Crippen molar-refractivity contribution in [3.63, 3.8) is 0 Å². The van der Waals surface area contributed by atoms with Crippen LogP contribution >= 0.6 is 0 Å². The molecule has 1 fully saturated rings. The Hall–Kier alpha value is -0.980. The minimum absolute atomic E-state index is 0.862. The lowest BCUT2D eigenvalue weighted by atomic mass is 10.1. The Balaban J connectivity index is 2.50. The molecule has 0 bridgehead atoms. The van der Waals surface area contributed by atoms with Gasteiger partial charge in [0.25, 0.3) is 0 Å². The monoisotopic (exact) mass is 145 g/mol. The van der Waals surface area contributed by atoms with Gasteiger partial charge in [-0.2, -0.15) is 0 Å². The summed E-state index contributed by atoms with van der Waals surface area (Å²) < 4.78 is 0. The molecule has 1 aromatic heterocycles. The SMILES string of the molecule is CC1=c2cc[nH]c2=CC2CC12. The molecular formula is C10H11N. The molecule has 2 unspecified atom stereocenters. The first-order chi connectivity index (χ1) is 5.36. The van der Waals surface area contributed by atoms with Crippen molar-refractivity contribution in [2.75, 3.05) is 0 Å². The minimum Gasteiger partial charge on any atom is -0.361 e. The van der Waals surface area contributed by atoms with Crippen LogP contribution < -0.4 is 10.6 Å². The van der Waals surface area contributed by atoms with Crippen LogP contribution in [0, 0.1) is 11.8 Å². The standard InChI is InChI=1S/C10H11N/c1-6-8-2-3-11-10(8)5-7-4-9(6)7/h2-3,5,7,9,11H,4H2,1H3. The molecule has 1 heterocycles. The fraction of sp³-hybridized carbons (Fsp3) is 0.400. The first kappa shape index (κ1) is 5.64. The maximum absolute atomic E-state index is 3.27. The molecule has 3 rings (SSSR count). The molecule has 1 nitrogen and oxygen atoms in total. The molecule has 2 atom stereocenters. The van der Waals surface area contributed by atoms with Crippen LogP contribution in [0.1, 0.15) is 13.3 Å². The van der Waals surface area contributed by atoms with E-state index in [1.807, 2.05) is 6.20 Å². The second kappa shape index (κ2) is 1.60. The van der Waals surface area contributed by atoms with Crippen molar-refractivity contribution >= 4 is 11.6 Å². The average Bonchev–Trinajstić information content (AvgIpc) is 2.59. The van der Waals surface area contributed by atoms with Gasteiger partial charge in [0, 0.05) is 11.5 Å². The van der Waals surface area contributed by atoms with Gasteiger partial charge in [-0.05, 0) is 36.5 Å². The van der Waals surface area contributed by atoms with Crippen LogP contribution in [0.15, 0.2) is 12.3 Å². The molecule has 0 spiro atoms. The van der Waals surface area contributed by atoms with E-state index in [1.165, 1.54) is 17.0 Å². The third-order valence-electron chi connectivity index (χ3n) is 2.98. The molecule has 0 saturated heterocycles. The third kappa shape index (κ3) is 0.609. The van der Waals surface area contributed by atoms with Gasteiger partial charge in [0.15, 0.2) is 0 Å². The molecule has 0 radical (unpaired) electrons. The van der Waals surface area contributed by atoms with Crippen molar-refractivity contribution in [2.45, 2.75) is 13.3 Å². The van der Waals surface area contributed by atoms with Crippen molar-refractivity contribution in [3.8, 4) is 0 Å². The van der Waals surface area contributed by atoms with Gasteiger partial charge < -0.3 is 4.98 Å². The predicted molar refractivity (Wildman–Crippen MR) is 45.2 cm³/mol. The maximum Gasteiger partial charge on any atom is 0.0415 e. The van der Waals surface area contributed by atoms with Gasteiger partial charge in [0.1, 0.15) is 0 Å². The van der Waals surface area contributed by atoms with E-state index < -0.39 is 0 Å². The van der Waals surface area contributed by atoms with Gasteiger partial charge in [-0.3, -0.25) is 0 Å². The number of nitrogens with one attached hydrogen (secondary N) is 1. The van der Waals surface area contributed by atoms with Crippen LogP contribution in [0.3, 0.4) is 0 Å². The van der Waals surface area contributed by atoms with Crippen LogP contribution in [0.4, 0.5) is 0 Å². The third-order valence-corrected chi connectivity index (χ3v) is 2.98. The molecule has 56 valence electrons. The zero-order chi connectivity index (χ0) is 7.42. The zero-order valence-corrected chi connectivity index (χ0v) is 6.59. The Morgan fingerprint density at radius 2 is 2.45 bits per heavy atom. The van der Waals surface area contributed by atoms with Crippen molar-refractivity contribution in [1.82, 2.24) is 4.98 Å². The quantitative estimate of drug-likeness (QED) is 0.550. The normalized spacial score (nSPS) is 32.3. The summed E-state index contributed by atoms with van der Waals surface area (Å²) in [6.45, 7) is 2.27. The van der Waals surface area contributed by atoms with Crippen molar-refractivity contribution < 1.29 is 0 Å². The Bertz CT molecular complexity index is 410. The summed E-state index contributed by atoms with van der Waals surface area (Å²) in [5.41, 5.74) is 1.59. The summed E-state index contributed by atoms with van der Waals surface area (Å²) in [5.74, 6) is 1.75. The van der Waals surface area contributed by atoms with Gasteiger partial charge in [-0.25, -0.2) is 0 Å². The van der Waals surface area contributed by atoms with Gasteiger partial charge >= 0.3 is 0 Å². The number of fused-ring (bicyclic) bond motifs is 2. The highest BCUT2D eigenvalue weighted by molar-refractivity contribution is 5.58. The number of aromatic amines is 1. The highest BCUT2D eigenvalue weighted by atomic mass is 14.7. The number of aromatic nitrogens is 1. The van der Waals surface area contributed by atoms with Crippen molar-refractivity contribution in [2.24, 2.45) is 11.8 Å². The maximum atomic E-state index is 3.27. The van der Waals surface area contributed by atoms with Crippen LogP contribution in [0.25, 0.3) is 11.6 Å². The summed E-state index contributed by atoms with van der Waals surface area (Å²) in [6.07, 6.45) is 5.80. The molecule has 11 heavy (non-hydrogen) atoms. The molecule has 2 aliphatic rings. The summed E-state index contributed by atoms with van der Waals surface area (Å²) >= 11 is 0. The van der Waals surface area contributed by atoms with Crippen LogP contribution in [0.5, 0.6) is 0 Å². The number of H-pyrrole nitrogens is 1. The van der Waals surface area contributed by atoms with Gasteiger partial charge in [0.05, 0.1) is 0 Å². The lowest BCUT2D eigenvalue weighted by molar-refractivity contribution is 1.01. The van der Waals surface area contributed by atoms with Gasteiger partial charge in [-0.1, -0.05) is 11.6 Å². The number of rotatable bonds is 0. The fourth-order valence-corrected chi connectivity index (χ4v) is 2.17. The van der Waals surface area contributed by atoms with Crippen LogP contribution in [0.2, 0.25) is 0 Å². The van der Waals surface area contributed by atoms with Crippen LogP contribution in [-0.4, -0.2) is 4.98 Å². The first-order valence-corrected chi connectivity index (χ1v) is 4.22. The molecule has 0 aliphatic heterocycles. The van der Waals surface area contributed by atoms with E-state index in [9.17, 15) is 0 Å². The fourth-order valence-electron chi connectivity index (χ4n) is 2.17. The first-order valence-electron chi connectivity index (χ1n) is 4.22. The summed E-state index contributed by atoms with van der Waals surface area (Å²) in [4.78, 5) is 3.27. The van der Waals surface area contributed by atoms with E-state index in [0.717, 1.165) is 11.8 Å². The summed E-state index contributed by atoms with van der Waals surface area (Å²) in [5, 5.41) is 2.80. The molecule has 1 heteroatoms. The predicted octanol–water partition coefficient (Wildman–Crippen LogP) is 0.615. The Morgan fingerprint density at radius 1 is 1.55 bits per heavy atom. The highest BCUT2D eigenvalue weighted by Crippen LogP contribution is 2.46. The second-order valence-electron chi connectivity index (χ2n) is 3.66. The zero-order valence-electron chi connectivity index (χ0n) is 6.59. The van der Waals surface area contributed by atoms with Gasteiger partial charge in [-0.15, -0.1) is 0 Å². The summed E-state index contributed by atoms with van der Waals surface area (Å²) in [7, 11) is 0. The lowest BCUT2D eigenvalue weighted by Crippen LogP contribution is -2.27. The average molecular weight is 145 g/mol. The summed E-state index contributed by atoms with van der Waals surface area (Å²) in [6, 6.07) is 2.19. The van der Waals surface area contributed by atoms with E-state index in [-0.39, 0.29) is 0 Å². The Kier molecular flexibility index (Phi) is 0.823. The molecule has 1 saturated carbocycles. The van der Waals surface area contributed by atoms with E-state index in [4.69, 9.17) is 0 Å². The molecule has 1 N–H and O–H groups in total. The molecule has 1 aromatic rings. The number of hydrogen-bond donors (Lipinski definition) is 1. The van der Waals surface area contributed by atoms with E-state index in [0.29, 0.717) is 0 Å². The van der Waals surface area contributed by atoms with Crippen molar-refractivity contribution in [3.05, 3.63) is 22.8 Å². The Morgan fingerprint density at radius 3 is 3.36 bits per heavy atom. The minimum atomic E-state index is 0.862. The number of hydrogen-bond acceptors (Lipinski definition) is 0. The second-order valence-corrected chi connectivity index (χ2v) is 3.66. The van der Waals surface area contributed by atoms with E-state index in [1.54, 1.807) is 5.57 Å². The largest absolute Gasteiger partial charge is 0.361 e. The lowest BCUT2D eigenvalue weighted by Gasteiger charge is -2.00. The Labute approximate surface area is 65.4 Å². The topological polar surface area (TPSA) is 15.8 Å². The van der Waals surface area contributed by atoms with Crippen molar-refractivity contribution in [1.29, 1.82) is 0 Å². The van der Waals surface area contributed by atoms with E-state index in [2.05, 4.69) is 24.1 Å². The van der Waals surface area contributed by atoms with Crippen LogP contribution in [-0.2, 0) is 0 Å². The van der Waals surface area contributed by atoms with E-state index >= 15 is 0 Å². The molecule has 2 aliphatic carbocycles. The molecule has 0 aromatic carbocycles. The highest BCUT2D eigenvalue weighted by Gasteiger charge is 2.38. The smallest absolute Gasteiger partial charge is 0.0415 e. The molecule has 0 amide bonds. The van der Waals surface area contributed by atoms with Gasteiger partial charge in [0.2, 0.25) is 0 Å². The molecular weight excluding hydrogens is 134 g/mol.